The summed E-state index contributed by atoms with van der Waals surface area (Å²) in [5, 5.41) is 19.5. The third-order valence-corrected chi connectivity index (χ3v) is 3.04. The van der Waals surface area contributed by atoms with Gasteiger partial charge in [0.1, 0.15) is 5.75 Å². The Morgan fingerprint density at radius 2 is 2.18 bits per heavy atom. The number of hydrogen-bond acceptors (Lipinski definition) is 5. The van der Waals surface area contributed by atoms with Crippen LogP contribution in [0, 0.1) is 0 Å². The molecule has 1 heterocycles. The van der Waals surface area contributed by atoms with Crippen molar-refractivity contribution in [3.8, 4) is 5.75 Å². The van der Waals surface area contributed by atoms with Gasteiger partial charge in [0.15, 0.2) is 0 Å². The van der Waals surface area contributed by atoms with E-state index < -0.39 is 0 Å². The van der Waals surface area contributed by atoms with E-state index in [-0.39, 0.29) is 27.7 Å². The number of aromatic hydroxyl groups is 1. The summed E-state index contributed by atoms with van der Waals surface area (Å²) in [7, 11) is 0. The van der Waals surface area contributed by atoms with Crippen LogP contribution in [0.4, 0.5) is 0 Å². The number of hydrogen-bond donors (Lipinski definition) is 2. The van der Waals surface area contributed by atoms with E-state index in [1.807, 2.05) is 0 Å². The van der Waals surface area contributed by atoms with E-state index in [2.05, 4.69) is 15.5 Å². The predicted octanol–water partition coefficient (Wildman–Crippen LogP) is 1.83. The Labute approximate surface area is 106 Å². The van der Waals surface area contributed by atoms with E-state index in [0.29, 0.717) is 5.56 Å². The molecule has 17 heavy (non-hydrogen) atoms. The van der Waals surface area contributed by atoms with E-state index in [1.165, 1.54) is 0 Å². The first-order valence-corrected chi connectivity index (χ1v) is 5.90. The molecule has 7 heteroatoms. The largest absolute Gasteiger partial charge is 0.508 e. The Morgan fingerprint density at radius 3 is 2.82 bits per heavy atom. The van der Waals surface area contributed by atoms with E-state index in [9.17, 15) is 9.90 Å². The second kappa shape index (κ2) is 5.11. The van der Waals surface area contributed by atoms with Crippen molar-refractivity contribution in [2.75, 3.05) is 0 Å². The highest BCUT2D eigenvalue weighted by atomic mass is 35.5. The van der Waals surface area contributed by atoms with Crippen LogP contribution in [-0.4, -0.2) is 21.2 Å². The van der Waals surface area contributed by atoms with Gasteiger partial charge in [-0.05, 0) is 17.7 Å². The van der Waals surface area contributed by atoms with Gasteiger partial charge in [-0.25, -0.2) is 0 Å². The summed E-state index contributed by atoms with van der Waals surface area (Å²) in [4.78, 5) is 11.6. The van der Waals surface area contributed by atoms with Gasteiger partial charge in [-0.3, -0.25) is 4.79 Å². The van der Waals surface area contributed by atoms with Crippen LogP contribution in [0.1, 0.15) is 15.4 Å². The SMILES string of the molecule is O=C(NCc1ccccc1O)c1nnc(Cl)s1. The maximum absolute atomic E-state index is 11.6. The van der Waals surface area contributed by atoms with Gasteiger partial charge < -0.3 is 10.4 Å². The first-order chi connectivity index (χ1) is 8.16. The molecule has 2 rings (SSSR count). The lowest BCUT2D eigenvalue weighted by atomic mass is 10.2. The van der Waals surface area contributed by atoms with Gasteiger partial charge in [0.05, 0.1) is 0 Å². The molecular formula is C10H8ClN3O2S. The van der Waals surface area contributed by atoms with Crippen molar-refractivity contribution >= 4 is 28.8 Å². The number of halogens is 1. The maximum atomic E-state index is 11.6. The van der Waals surface area contributed by atoms with Crippen LogP contribution in [0.2, 0.25) is 4.47 Å². The molecule has 5 nitrogen and oxygen atoms in total. The van der Waals surface area contributed by atoms with Crippen LogP contribution >= 0.6 is 22.9 Å². The molecule has 0 fully saturated rings. The molecule has 1 aromatic heterocycles. The van der Waals surface area contributed by atoms with E-state index in [4.69, 9.17) is 11.6 Å². The number of benzene rings is 1. The zero-order valence-corrected chi connectivity index (χ0v) is 10.1. The van der Waals surface area contributed by atoms with Crippen LogP contribution in [0.25, 0.3) is 0 Å². The molecule has 0 unspecified atom stereocenters. The second-order valence-electron chi connectivity index (χ2n) is 3.17. The van der Waals surface area contributed by atoms with Crippen molar-refractivity contribution in [2.45, 2.75) is 6.54 Å². The highest BCUT2D eigenvalue weighted by Gasteiger charge is 2.11. The first kappa shape index (κ1) is 11.8. The molecule has 1 aromatic carbocycles. The average molecular weight is 270 g/mol. The molecule has 0 atom stereocenters. The Kier molecular flexibility index (Phi) is 3.55. The summed E-state index contributed by atoms with van der Waals surface area (Å²) in [5.41, 5.74) is 0.636. The Hall–Kier alpha value is -1.66. The molecule has 0 spiro atoms. The summed E-state index contributed by atoms with van der Waals surface area (Å²) in [6.45, 7) is 0.225. The van der Waals surface area contributed by atoms with E-state index in [1.54, 1.807) is 24.3 Å². The molecule has 0 saturated carbocycles. The molecule has 1 amide bonds. The lowest BCUT2D eigenvalue weighted by Gasteiger charge is -2.04. The molecule has 0 saturated heterocycles. The monoisotopic (exact) mass is 269 g/mol. The minimum atomic E-state index is -0.363. The first-order valence-electron chi connectivity index (χ1n) is 4.71. The van der Waals surface area contributed by atoms with Crippen molar-refractivity contribution in [1.29, 1.82) is 0 Å². The highest BCUT2D eigenvalue weighted by Crippen LogP contribution is 2.17. The lowest BCUT2D eigenvalue weighted by molar-refractivity contribution is 0.0949. The number of para-hydroxylation sites is 1. The molecule has 2 N–H and O–H groups in total. The number of phenols is 1. The topological polar surface area (TPSA) is 75.1 Å². The number of aromatic nitrogens is 2. The third-order valence-electron chi connectivity index (χ3n) is 2.03. The zero-order valence-electron chi connectivity index (χ0n) is 8.55. The van der Waals surface area contributed by atoms with Crippen LogP contribution in [0.3, 0.4) is 0 Å². The predicted molar refractivity (Wildman–Crippen MR) is 64.2 cm³/mol. The number of rotatable bonds is 3. The van der Waals surface area contributed by atoms with Gasteiger partial charge in [0, 0.05) is 12.1 Å². The van der Waals surface area contributed by atoms with Crippen molar-refractivity contribution in [1.82, 2.24) is 15.5 Å². The normalized spacial score (nSPS) is 10.2. The number of nitrogens with one attached hydrogen (secondary N) is 1. The number of phenolic OH excluding ortho intramolecular Hbond substituents is 1. The van der Waals surface area contributed by atoms with Crippen molar-refractivity contribution in [3.63, 3.8) is 0 Å². The minimum absolute atomic E-state index is 0.142. The summed E-state index contributed by atoms with van der Waals surface area (Å²) < 4.78 is 0.220. The number of amides is 1. The standard InChI is InChI=1S/C10H8ClN3O2S/c11-10-14-13-9(17-10)8(16)12-5-6-3-1-2-4-7(6)15/h1-4,15H,5H2,(H,12,16). The van der Waals surface area contributed by atoms with Gasteiger partial charge in [-0.15, -0.1) is 10.2 Å². The minimum Gasteiger partial charge on any atom is -0.508 e. The Bertz CT molecular complexity index is 544. The molecule has 0 aliphatic carbocycles. The maximum Gasteiger partial charge on any atom is 0.282 e. The molecule has 0 aliphatic heterocycles. The molecule has 2 aromatic rings. The fourth-order valence-electron chi connectivity index (χ4n) is 1.21. The Balaban J connectivity index is 1.99. The Morgan fingerprint density at radius 1 is 1.41 bits per heavy atom. The molecular weight excluding hydrogens is 262 g/mol. The zero-order chi connectivity index (χ0) is 12.3. The lowest BCUT2D eigenvalue weighted by Crippen LogP contribution is -2.22. The molecule has 88 valence electrons. The smallest absolute Gasteiger partial charge is 0.282 e. The highest BCUT2D eigenvalue weighted by molar-refractivity contribution is 7.17. The summed E-state index contributed by atoms with van der Waals surface area (Å²) >= 11 is 6.58. The summed E-state index contributed by atoms with van der Waals surface area (Å²) in [5.74, 6) is -0.222. The van der Waals surface area contributed by atoms with Gasteiger partial charge in [-0.2, -0.15) is 0 Å². The average Bonchev–Trinajstić information content (AvgIpc) is 2.74. The van der Waals surface area contributed by atoms with Gasteiger partial charge in [0.25, 0.3) is 5.91 Å². The third kappa shape index (κ3) is 2.92. The van der Waals surface area contributed by atoms with Crippen molar-refractivity contribution in [2.24, 2.45) is 0 Å². The fourth-order valence-corrected chi connectivity index (χ4v) is 1.95. The quantitative estimate of drug-likeness (QED) is 0.891. The van der Waals surface area contributed by atoms with Crippen molar-refractivity contribution in [3.05, 3.63) is 39.3 Å². The summed E-state index contributed by atoms with van der Waals surface area (Å²) in [6, 6.07) is 6.78. The number of carbonyl (C=O) groups is 1. The van der Waals surface area contributed by atoms with Gasteiger partial charge in [0.2, 0.25) is 9.47 Å². The van der Waals surface area contributed by atoms with Crippen LogP contribution < -0.4 is 5.32 Å². The van der Waals surface area contributed by atoms with Crippen molar-refractivity contribution < 1.29 is 9.90 Å². The number of nitrogens with zero attached hydrogens (tertiary/aromatic N) is 2. The second-order valence-corrected chi connectivity index (χ2v) is 4.73. The van der Waals surface area contributed by atoms with Gasteiger partial charge in [-0.1, -0.05) is 29.5 Å². The van der Waals surface area contributed by atoms with Crippen LogP contribution in [0.15, 0.2) is 24.3 Å². The summed E-state index contributed by atoms with van der Waals surface area (Å²) in [6.07, 6.45) is 0. The van der Waals surface area contributed by atoms with E-state index in [0.717, 1.165) is 11.3 Å². The molecule has 0 aliphatic rings. The molecule has 0 bridgehead atoms. The van der Waals surface area contributed by atoms with Crippen LogP contribution in [-0.2, 0) is 6.54 Å². The van der Waals surface area contributed by atoms with E-state index >= 15 is 0 Å². The molecule has 0 radical (unpaired) electrons. The number of carbonyl (C=O) groups excluding carboxylic acids is 1. The van der Waals surface area contributed by atoms with Crippen LogP contribution in [0.5, 0.6) is 5.75 Å². The van der Waals surface area contributed by atoms with Gasteiger partial charge >= 0.3 is 0 Å². The fraction of sp³-hybridized carbons (Fsp3) is 0.100.